The second-order valence-corrected chi connectivity index (χ2v) is 4.95. The summed E-state index contributed by atoms with van der Waals surface area (Å²) in [6, 6.07) is -0.761. The number of hydrogen-bond acceptors (Lipinski definition) is 4. The van der Waals surface area contributed by atoms with Crippen LogP contribution in [0.4, 0.5) is 0 Å². The van der Waals surface area contributed by atoms with E-state index in [1.807, 2.05) is 20.8 Å². The van der Waals surface area contributed by atoms with Crippen molar-refractivity contribution in [3.63, 3.8) is 0 Å². The molecule has 1 fully saturated rings. The average molecular weight is 242 g/mol. The lowest BCUT2D eigenvalue weighted by atomic mass is 10.0. The molecule has 0 saturated carbocycles. The molecule has 1 aliphatic rings. The van der Waals surface area contributed by atoms with Gasteiger partial charge >= 0.3 is 5.97 Å². The molecule has 0 spiro atoms. The minimum Gasteiger partial charge on any atom is -0.467 e. The second-order valence-electron chi connectivity index (χ2n) is 4.95. The van der Waals surface area contributed by atoms with Crippen molar-refractivity contribution in [1.82, 2.24) is 10.6 Å². The molecular formula is C12H22N2O3. The van der Waals surface area contributed by atoms with Crippen LogP contribution in [0.3, 0.4) is 0 Å². The summed E-state index contributed by atoms with van der Waals surface area (Å²) in [4.78, 5) is 23.5. The Bertz CT molecular complexity index is 291. The van der Waals surface area contributed by atoms with E-state index in [4.69, 9.17) is 0 Å². The Balaban J connectivity index is 2.61. The van der Waals surface area contributed by atoms with Crippen LogP contribution >= 0.6 is 0 Å². The predicted molar refractivity (Wildman–Crippen MR) is 64.4 cm³/mol. The van der Waals surface area contributed by atoms with Crippen LogP contribution in [-0.4, -0.2) is 37.6 Å². The number of nitrogens with one attached hydrogen (secondary N) is 2. The molecule has 17 heavy (non-hydrogen) atoms. The zero-order valence-electron chi connectivity index (χ0n) is 10.9. The molecule has 0 radical (unpaired) electrons. The maximum atomic E-state index is 12.0. The lowest BCUT2D eigenvalue weighted by molar-refractivity contribution is -0.146. The molecular weight excluding hydrogens is 220 g/mol. The molecule has 2 unspecified atom stereocenters. The van der Waals surface area contributed by atoms with Crippen molar-refractivity contribution in [2.24, 2.45) is 11.8 Å². The fraction of sp³-hybridized carbons (Fsp3) is 0.833. The van der Waals surface area contributed by atoms with Crippen LogP contribution in [0.1, 0.15) is 27.2 Å². The molecule has 3 atom stereocenters. The molecule has 5 nitrogen and oxygen atoms in total. The van der Waals surface area contributed by atoms with E-state index in [0.717, 1.165) is 13.0 Å². The highest BCUT2D eigenvalue weighted by Crippen LogP contribution is 2.15. The van der Waals surface area contributed by atoms with Gasteiger partial charge in [-0.2, -0.15) is 0 Å². The molecule has 0 bridgehead atoms. The van der Waals surface area contributed by atoms with Crippen molar-refractivity contribution in [2.45, 2.75) is 39.3 Å². The van der Waals surface area contributed by atoms with Gasteiger partial charge in [0.2, 0.25) is 5.91 Å². The van der Waals surface area contributed by atoms with E-state index < -0.39 is 6.04 Å². The summed E-state index contributed by atoms with van der Waals surface area (Å²) in [7, 11) is 1.33. The first-order valence-electron chi connectivity index (χ1n) is 6.09. The van der Waals surface area contributed by atoms with Crippen LogP contribution in [0, 0.1) is 11.8 Å². The quantitative estimate of drug-likeness (QED) is 0.696. The van der Waals surface area contributed by atoms with Crippen molar-refractivity contribution >= 4 is 11.9 Å². The van der Waals surface area contributed by atoms with Gasteiger partial charge in [-0.15, -0.1) is 0 Å². The highest BCUT2D eigenvalue weighted by Gasteiger charge is 2.33. The van der Waals surface area contributed by atoms with Gasteiger partial charge in [0.05, 0.1) is 13.2 Å². The standard InChI is InChI=1S/C12H22N2O3/c1-7(2)9(12(16)17-4)14-11(15)10-8(3)5-6-13-10/h7-10,13H,5-6H2,1-4H3,(H,14,15)/t8?,9-,10?/m0/s1. The maximum Gasteiger partial charge on any atom is 0.328 e. The number of hydrogen-bond donors (Lipinski definition) is 2. The Kier molecular flexibility index (Phi) is 4.93. The lowest BCUT2D eigenvalue weighted by Crippen LogP contribution is -2.52. The van der Waals surface area contributed by atoms with Gasteiger partial charge in [0.25, 0.3) is 0 Å². The third-order valence-corrected chi connectivity index (χ3v) is 3.23. The van der Waals surface area contributed by atoms with E-state index in [1.54, 1.807) is 0 Å². The lowest BCUT2D eigenvalue weighted by Gasteiger charge is -2.23. The van der Waals surface area contributed by atoms with Crippen LogP contribution in [0.25, 0.3) is 0 Å². The van der Waals surface area contributed by atoms with E-state index in [1.165, 1.54) is 7.11 Å². The van der Waals surface area contributed by atoms with Gasteiger partial charge in [-0.05, 0) is 24.8 Å². The fourth-order valence-electron chi connectivity index (χ4n) is 2.05. The number of carbonyl (C=O) groups excluding carboxylic acids is 2. The zero-order chi connectivity index (χ0) is 13.0. The molecule has 1 saturated heterocycles. The van der Waals surface area contributed by atoms with Crippen LogP contribution < -0.4 is 10.6 Å². The minimum absolute atomic E-state index is 0.0168. The number of ether oxygens (including phenoxy) is 1. The smallest absolute Gasteiger partial charge is 0.328 e. The first-order chi connectivity index (χ1) is 7.97. The maximum absolute atomic E-state index is 12.0. The summed E-state index contributed by atoms with van der Waals surface area (Å²) < 4.78 is 4.69. The molecule has 0 aromatic heterocycles. The molecule has 0 aliphatic carbocycles. The van der Waals surface area contributed by atoms with E-state index in [-0.39, 0.29) is 23.8 Å². The number of esters is 1. The van der Waals surface area contributed by atoms with Crippen LogP contribution in [0.5, 0.6) is 0 Å². The second kappa shape index (κ2) is 6.00. The first kappa shape index (κ1) is 14.0. The van der Waals surface area contributed by atoms with E-state index in [9.17, 15) is 9.59 Å². The number of amides is 1. The van der Waals surface area contributed by atoms with Gasteiger partial charge in [-0.1, -0.05) is 20.8 Å². The Labute approximate surface area is 102 Å². The molecule has 98 valence electrons. The summed E-state index contributed by atoms with van der Waals surface area (Å²) in [6.45, 7) is 6.65. The summed E-state index contributed by atoms with van der Waals surface area (Å²) in [6.07, 6.45) is 0.989. The Morgan fingerprint density at radius 1 is 1.41 bits per heavy atom. The van der Waals surface area contributed by atoms with Gasteiger partial charge in [-0.3, -0.25) is 4.79 Å². The van der Waals surface area contributed by atoms with Gasteiger partial charge in [0.15, 0.2) is 0 Å². The van der Waals surface area contributed by atoms with Crippen molar-refractivity contribution < 1.29 is 14.3 Å². The van der Waals surface area contributed by atoms with Crippen LogP contribution in [0.15, 0.2) is 0 Å². The highest BCUT2D eigenvalue weighted by molar-refractivity contribution is 5.88. The number of rotatable bonds is 4. The Morgan fingerprint density at radius 2 is 2.06 bits per heavy atom. The van der Waals surface area contributed by atoms with Crippen LogP contribution in [-0.2, 0) is 14.3 Å². The van der Waals surface area contributed by atoms with Gasteiger partial charge < -0.3 is 15.4 Å². The summed E-state index contributed by atoms with van der Waals surface area (Å²) in [5.74, 6) is -0.179. The molecule has 1 amide bonds. The summed E-state index contributed by atoms with van der Waals surface area (Å²) in [5, 5.41) is 5.91. The average Bonchev–Trinajstić information content (AvgIpc) is 2.70. The first-order valence-corrected chi connectivity index (χ1v) is 6.09. The number of methoxy groups -OCH3 is 1. The third kappa shape index (κ3) is 3.43. The minimum atomic E-state index is -0.568. The van der Waals surface area contributed by atoms with Gasteiger partial charge in [0, 0.05) is 0 Å². The Morgan fingerprint density at radius 3 is 2.47 bits per heavy atom. The van der Waals surface area contributed by atoms with E-state index in [0.29, 0.717) is 5.92 Å². The molecule has 2 N–H and O–H groups in total. The van der Waals surface area contributed by atoms with Crippen molar-refractivity contribution in [3.8, 4) is 0 Å². The Hall–Kier alpha value is -1.10. The predicted octanol–water partition coefficient (Wildman–Crippen LogP) is 0.298. The number of carbonyl (C=O) groups is 2. The molecule has 1 rings (SSSR count). The fourth-order valence-corrected chi connectivity index (χ4v) is 2.05. The van der Waals surface area contributed by atoms with Gasteiger partial charge in [-0.25, -0.2) is 4.79 Å². The normalized spacial score (nSPS) is 25.7. The largest absolute Gasteiger partial charge is 0.467 e. The van der Waals surface area contributed by atoms with Gasteiger partial charge in [0.1, 0.15) is 6.04 Å². The van der Waals surface area contributed by atoms with Crippen molar-refractivity contribution in [1.29, 1.82) is 0 Å². The van der Waals surface area contributed by atoms with E-state index >= 15 is 0 Å². The van der Waals surface area contributed by atoms with E-state index in [2.05, 4.69) is 15.4 Å². The molecule has 5 heteroatoms. The monoisotopic (exact) mass is 242 g/mol. The molecule has 1 heterocycles. The molecule has 0 aromatic rings. The highest BCUT2D eigenvalue weighted by atomic mass is 16.5. The molecule has 0 aromatic carbocycles. The topological polar surface area (TPSA) is 67.4 Å². The molecule has 1 aliphatic heterocycles. The van der Waals surface area contributed by atoms with Crippen LogP contribution in [0.2, 0.25) is 0 Å². The summed E-state index contributed by atoms with van der Waals surface area (Å²) >= 11 is 0. The van der Waals surface area contributed by atoms with Crippen molar-refractivity contribution in [3.05, 3.63) is 0 Å². The summed E-state index contributed by atoms with van der Waals surface area (Å²) in [5.41, 5.74) is 0. The third-order valence-electron chi connectivity index (χ3n) is 3.23. The zero-order valence-corrected chi connectivity index (χ0v) is 10.9. The van der Waals surface area contributed by atoms with Crippen molar-refractivity contribution in [2.75, 3.05) is 13.7 Å². The SMILES string of the molecule is COC(=O)[C@@H](NC(=O)C1NCCC1C)C(C)C.